The standard InChI is InChI=1S/C14H11ClN2O2/c1-18-12-6-8-2-3-10(15)4-9(8)5-11(12)13-7-14(16)17-19-13/h2-7H,1H3,(H2,16,17). The van der Waals surface area contributed by atoms with Gasteiger partial charge in [0.2, 0.25) is 0 Å². The second kappa shape index (κ2) is 4.48. The molecule has 1 heterocycles. The molecule has 0 fully saturated rings. The molecule has 0 aliphatic rings. The van der Waals surface area contributed by atoms with E-state index in [0.717, 1.165) is 16.3 Å². The van der Waals surface area contributed by atoms with Crippen LogP contribution in [0.25, 0.3) is 22.1 Å². The molecule has 19 heavy (non-hydrogen) atoms. The molecule has 0 aliphatic heterocycles. The van der Waals surface area contributed by atoms with Crippen molar-refractivity contribution in [2.45, 2.75) is 0 Å². The minimum Gasteiger partial charge on any atom is -0.496 e. The average Bonchev–Trinajstić information content (AvgIpc) is 2.83. The Morgan fingerprint density at radius 2 is 2.00 bits per heavy atom. The van der Waals surface area contributed by atoms with E-state index >= 15 is 0 Å². The summed E-state index contributed by atoms with van der Waals surface area (Å²) in [5.74, 6) is 1.60. The van der Waals surface area contributed by atoms with Crippen molar-refractivity contribution in [1.29, 1.82) is 0 Å². The molecule has 0 amide bonds. The normalized spacial score (nSPS) is 10.8. The smallest absolute Gasteiger partial charge is 0.172 e. The third-order valence-electron chi connectivity index (χ3n) is 2.91. The molecule has 5 heteroatoms. The summed E-state index contributed by atoms with van der Waals surface area (Å²) in [6.07, 6.45) is 0. The maximum absolute atomic E-state index is 6.01. The van der Waals surface area contributed by atoms with Crippen LogP contribution in [0.1, 0.15) is 0 Å². The molecular weight excluding hydrogens is 264 g/mol. The first kappa shape index (κ1) is 11.9. The monoisotopic (exact) mass is 274 g/mol. The van der Waals surface area contributed by atoms with Crippen LogP contribution in [0.15, 0.2) is 40.9 Å². The lowest BCUT2D eigenvalue weighted by atomic mass is 10.0. The van der Waals surface area contributed by atoms with Gasteiger partial charge in [0, 0.05) is 11.1 Å². The number of methoxy groups -OCH3 is 1. The van der Waals surface area contributed by atoms with E-state index in [1.807, 2.05) is 30.3 Å². The van der Waals surface area contributed by atoms with Gasteiger partial charge in [-0.15, -0.1) is 0 Å². The average molecular weight is 275 g/mol. The molecule has 1 aromatic heterocycles. The van der Waals surface area contributed by atoms with Crippen molar-refractivity contribution in [3.8, 4) is 17.1 Å². The Balaban J connectivity index is 2.27. The predicted molar refractivity (Wildman–Crippen MR) is 75.4 cm³/mol. The number of benzene rings is 2. The molecule has 0 aliphatic carbocycles. The summed E-state index contributed by atoms with van der Waals surface area (Å²) in [7, 11) is 1.61. The summed E-state index contributed by atoms with van der Waals surface area (Å²) >= 11 is 6.01. The summed E-state index contributed by atoms with van der Waals surface area (Å²) in [6, 6.07) is 11.2. The minimum atomic E-state index is 0.336. The van der Waals surface area contributed by atoms with E-state index in [2.05, 4.69) is 5.16 Å². The van der Waals surface area contributed by atoms with E-state index in [1.54, 1.807) is 13.2 Å². The van der Waals surface area contributed by atoms with Crippen molar-refractivity contribution in [3.63, 3.8) is 0 Å². The molecule has 4 nitrogen and oxygen atoms in total. The third kappa shape index (κ3) is 2.11. The van der Waals surface area contributed by atoms with Crippen LogP contribution >= 0.6 is 11.6 Å². The van der Waals surface area contributed by atoms with Gasteiger partial charge in [0.15, 0.2) is 11.6 Å². The van der Waals surface area contributed by atoms with Crippen molar-refractivity contribution >= 4 is 28.2 Å². The molecule has 0 bridgehead atoms. The lowest BCUT2D eigenvalue weighted by Crippen LogP contribution is -1.88. The highest BCUT2D eigenvalue weighted by atomic mass is 35.5. The van der Waals surface area contributed by atoms with Crippen LogP contribution in [0.3, 0.4) is 0 Å². The molecule has 0 spiro atoms. The van der Waals surface area contributed by atoms with Gasteiger partial charge in [-0.1, -0.05) is 22.8 Å². The number of nitrogen functional groups attached to an aromatic ring is 1. The molecule has 0 saturated heterocycles. The fraction of sp³-hybridized carbons (Fsp3) is 0.0714. The SMILES string of the molecule is COc1cc2ccc(Cl)cc2cc1-c1cc(N)no1. The van der Waals surface area contributed by atoms with E-state index in [9.17, 15) is 0 Å². The molecule has 0 radical (unpaired) electrons. The fourth-order valence-corrected chi connectivity index (χ4v) is 2.21. The minimum absolute atomic E-state index is 0.336. The van der Waals surface area contributed by atoms with E-state index in [4.69, 9.17) is 26.6 Å². The number of rotatable bonds is 2. The van der Waals surface area contributed by atoms with Gasteiger partial charge >= 0.3 is 0 Å². The zero-order valence-electron chi connectivity index (χ0n) is 10.2. The first-order valence-electron chi connectivity index (χ1n) is 5.67. The van der Waals surface area contributed by atoms with Gasteiger partial charge in [-0.05, 0) is 35.0 Å². The van der Waals surface area contributed by atoms with Crippen LogP contribution in [0, 0.1) is 0 Å². The Hall–Kier alpha value is -2.20. The number of hydrogen-bond donors (Lipinski definition) is 1. The zero-order valence-corrected chi connectivity index (χ0v) is 10.9. The maximum Gasteiger partial charge on any atom is 0.172 e. The van der Waals surface area contributed by atoms with Crippen molar-refractivity contribution in [3.05, 3.63) is 41.4 Å². The van der Waals surface area contributed by atoms with E-state index < -0.39 is 0 Å². The van der Waals surface area contributed by atoms with Gasteiger partial charge in [0.25, 0.3) is 0 Å². The first-order valence-corrected chi connectivity index (χ1v) is 6.05. The highest BCUT2D eigenvalue weighted by molar-refractivity contribution is 6.31. The molecular formula is C14H11ClN2O2. The van der Waals surface area contributed by atoms with Crippen LogP contribution in [0.4, 0.5) is 5.82 Å². The molecule has 2 N–H and O–H groups in total. The van der Waals surface area contributed by atoms with Crippen LogP contribution < -0.4 is 10.5 Å². The second-order valence-corrected chi connectivity index (χ2v) is 4.60. The van der Waals surface area contributed by atoms with E-state index in [1.165, 1.54) is 0 Å². The van der Waals surface area contributed by atoms with Crippen molar-refractivity contribution < 1.29 is 9.26 Å². The van der Waals surface area contributed by atoms with E-state index in [-0.39, 0.29) is 0 Å². The largest absolute Gasteiger partial charge is 0.496 e. The Morgan fingerprint density at radius 3 is 2.68 bits per heavy atom. The van der Waals surface area contributed by atoms with Gasteiger partial charge in [-0.3, -0.25) is 0 Å². The molecule has 0 unspecified atom stereocenters. The zero-order chi connectivity index (χ0) is 13.4. The maximum atomic E-state index is 6.01. The summed E-state index contributed by atoms with van der Waals surface area (Å²) in [5.41, 5.74) is 6.37. The summed E-state index contributed by atoms with van der Waals surface area (Å²) in [4.78, 5) is 0. The summed E-state index contributed by atoms with van der Waals surface area (Å²) < 4.78 is 10.6. The molecule has 3 aromatic rings. The summed E-state index contributed by atoms with van der Waals surface area (Å²) in [6.45, 7) is 0. The van der Waals surface area contributed by atoms with E-state index in [0.29, 0.717) is 22.4 Å². The third-order valence-corrected chi connectivity index (χ3v) is 3.15. The Morgan fingerprint density at radius 1 is 1.16 bits per heavy atom. The number of ether oxygens (including phenoxy) is 1. The highest BCUT2D eigenvalue weighted by Gasteiger charge is 2.12. The molecule has 96 valence electrons. The van der Waals surface area contributed by atoms with Gasteiger partial charge in [-0.25, -0.2) is 0 Å². The van der Waals surface area contributed by atoms with Gasteiger partial charge in [0.1, 0.15) is 5.75 Å². The van der Waals surface area contributed by atoms with Gasteiger partial charge < -0.3 is 15.0 Å². The topological polar surface area (TPSA) is 61.3 Å². The fourth-order valence-electron chi connectivity index (χ4n) is 2.02. The lowest BCUT2D eigenvalue weighted by molar-refractivity contribution is 0.407. The van der Waals surface area contributed by atoms with Crippen molar-refractivity contribution in [2.24, 2.45) is 0 Å². The number of nitrogens with zero attached hydrogens (tertiary/aromatic N) is 1. The molecule has 2 aromatic carbocycles. The number of halogens is 1. The molecule has 0 saturated carbocycles. The quantitative estimate of drug-likeness (QED) is 0.773. The number of hydrogen-bond acceptors (Lipinski definition) is 4. The van der Waals surface area contributed by atoms with Crippen LogP contribution in [-0.2, 0) is 0 Å². The molecule has 3 rings (SSSR count). The number of nitrogens with two attached hydrogens (primary N) is 1. The predicted octanol–water partition coefficient (Wildman–Crippen LogP) is 3.74. The first-order chi connectivity index (χ1) is 9.17. The lowest BCUT2D eigenvalue weighted by Gasteiger charge is -2.08. The second-order valence-electron chi connectivity index (χ2n) is 4.16. The van der Waals surface area contributed by atoms with Crippen LogP contribution in [0.2, 0.25) is 5.02 Å². The van der Waals surface area contributed by atoms with Crippen molar-refractivity contribution in [2.75, 3.05) is 12.8 Å². The Labute approximate surface area is 114 Å². The number of aromatic nitrogens is 1. The van der Waals surface area contributed by atoms with Crippen molar-refractivity contribution in [1.82, 2.24) is 5.16 Å². The highest BCUT2D eigenvalue weighted by Crippen LogP contribution is 2.35. The van der Waals surface area contributed by atoms with Gasteiger partial charge in [-0.2, -0.15) is 0 Å². The van der Waals surface area contributed by atoms with Crippen LogP contribution in [0.5, 0.6) is 5.75 Å². The van der Waals surface area contributed by atoms with Crippen LogP contribution in [-0.4, -0.2) is 12.3 Å². The Kier molecular flexibility index (Phi) is 2.80. The molecule has 0 atom stereocenters. The number of fused-ring (bicyclic) bond motifs is 1. The Bertz CT molecular complexity index is 752. The number of anilines is 1. The summed E-state index contributed by atoms with van der Waals surface area (Å²) in [5, 5.41) is 6.41. The van der Waals surface area contributed by atoms with Gasteiger partial charge in [0.05, 0.1) is 12.7 Å².